The van der Waals surface area contributed by atoms with Crippen LogP contribution in [0.4, 0.5) is 0 Å². The highest BCUT2D eigenvalue weighted by Gasteiger charge is 2.34. The molecule has 3 nitrogen and oxygen atoms in total. The minimum Gasteiger partial charge on any atom is -0.468 e. The molecule has 17 heavy (non-hydrogen) atoms. The Balaban J connectivity index is 2.69. The lowest BCUT2D eigenvalue weighted by Crippen LogP contribution is -2.53. The summed E-state index contributed by atoms with van der Waals surface area (Å²) in [6.07, 6.45) is 3.13. The van der Waals surface area contributed by atoms with Gasteiger partial charge in [0.2, 0.25) is 0 Å². The third kappa shape index (κ3) is 3.88. The van der Waals surface area contributed by atoms with Crippen LogP contribution in [0.5, 0.6) is 0 Å². The highest BCUT2D eigenvalue weighted by Crippen LogP contribution is 2.27. The molecular formula is C13H25NO2S. The molecule has 1 fully saturated rings. The van der Waals surface area contributed by atoms with Gasteiger partial charge in [0, 0.05) is 23.6 Å². The van der Waals surface area contributed by atoms with E-state index >= 15 is 0 Å². The normalized spacial score (nSPS) is 27.8. The van der Waals surface area contributed by atoms with E-state index < -0.39 is 0 Å². The van der Waals surface area contributed by atoms with Crippen molar-refractivity contribution in [2.75, 3.05) is 19.4 Å². The summed E-state index contributed by atoms with van der Waals surface area (Å²) in [6, 6.07) is 0.410. The van der Waals surface area contributed by atoms with Crippen LogP contribution in [0.25, 0.3) is 0 Å². The van der Waals surface area contributed by atoms with E-state index in [0.29, 0.717) is 11.3 Å². The highest BCUT2D eigenvalue weighted by molar-refractivity contribution is 8.00. The molecular weight excluding hydrogens is 234 g/mol. The summed E-state index contributed by atoms with van der Waals surface area (Å²) in [5, 5.41) is 0.595. The lowest BCUT2D eigenvalue weighted by atomic mass is 10.0. The van der Waals surface area contributed by atoms with E-state index in [4.69, 9.17) is 4.74 Å². The Bertz CT molecular complexity index is 248. The first-order valence-electron chi connectivity index (χ1n) is 6.57. The summed E-state index contributed by atoms with van der Waals surface area (Å²) in [5.41, 5.74) is 0. The maximum atomic E-state index is 11.9. The predicted octanol–water partition coefficient (Wildman–Crippen LogP) is 2.54. The van der Waals surface area contributed by atoms with Gasteiger partial charge in [-0.15, -0.1) is 0 Å². The smallest absolute Gasteiger partial charge is 0.323 e. The molecule has 0 saturated carbocycles. The van der Waals surface area contributed by atoms with Crippen LogP contribution < -0.4 is 0 Å². The number of nitrogens with zero attached hydrogens (tertiary/aromatic N) is 1. The second-order valence-corrected chi connectivity index (χ2v) is 6.22. The average Bonchev–Trinajstić information content (AvgIpc) is 2.34. The second kappa shape index (κ2) is 7.27. The number of carbonyl (C=O) groups is 1. The van der Waals surface area contributed by atoms with Crippen molar-refractivity contribution in [1.82, 2.24) is 4.90 Å². The Labute approximate surface area is 109 Å². The van der Waals surface area contributed by atoms with Gasteiger partial charge >= 0.3 is 5.97 Å². The maximum absolute atomic E-state index is 11.9. The van der Waals surface area contributed by atoms with Crippen LogP contribution in [0.15, 0.2) is 0 Å². The minimum atomic E-state index is -0.0654. The van der Waals surface area contributed by atoms with Crippen LogP contribution in [-0.4, -0.2) is 47.6 Å². The Morgan fingerprint density at radius 2 is 2.24 bits per heavy atom. The average molecular weight is 259 g/mol. The van der Waals surface area contributed by atoms with Gasteiger partial charge in [-0.2, -0.15) is 11.8 Å². The van der Waals surface area contributed by atoms with Gasteiger partial charge in [-0.3, -0.25) is 9.69 Å². The molecule has 0 bridgehead atoms. The van der Waals surface area contributed by atoms with Crippen molar-refractivity contribution in [2.24, 2.45) is 0 Å². The van der Waals surface area contributed by atoms with Crippen LogP contribution in [-0.2, 0) is 9.53 Å². The first-order chi connectivity index (χ1) is 8.11. The first-order valence-corrected chi connectivity index (χ1v) is 7.61. The van der Waals surface area contributed by atoms with Gasteiger partial charge in [0.05, 0.1) is 7.11 Å². The Morgan fingerprint density at radius 3 is 2.82 bits per heavy atom. The number of carbonyl (C=O) groups excluding carboxylic acids is 1. The van der Waals surface area contributed by atoms with Crippen LogP contribution in [0, 0.1) is 0 Å². The van der Waals surface area contributed by atoms with Crippen molar-refractivity contribution >= 4 is 17.7 Å². The molecule has 0 spiro atoms. The van der Waals surface area contributed by atoms with Crippen molar-refractivity contribution in [2.45, 2.75) is 57.4 Å². The fourth-order valence-corrected chi connectivity index (χ4v) is 3.47. The van der Waals surface area contributed by atoms with Gasteiger partial charge in [0.25, 0.3) is 0 Å². The molecule has 1 aliphatic heterocycles. The number of esters is 1. The number of thioether (sulfide) groups is 1. The van der Waals surface area contributed by atoms with E-state index in [1.54, 1.807) is 0 Å². The minimum absolute atomic E-state index is 0.0432. The van der Waals surface area contributed by atoms with Crippen molar-refractivity contribution in [1.29, 1.82) is 0 Å². The Kier molecular flexibility index (Phi) is 6.34. The van der Waals surface area contributed by atoms with Crippen LogP contribution in [0.2, 0.25) is 0 Å². The number of ether oxygens (including phenoxy) is 1. The van der Waals surface area contributed by atoms with Gasteiger partial charge in [-0.05, 0) is 13.3 Å². The van der Waals surface area contributed by atoms with Gasteiger partial charge < -0.3 is 4.74 Å². The molecule has 0 aliphatic carbocycles. The molecule has 0 amide bonds. The molecule has 1 saturated heterocycles. The van der Waals surface area contributed by atoms with E-state index in [1.165, 1.54) is 7.11 Å². The highest BCUT2D eigenvalue weighted by atomic mass is 32.2. The van der Waals surface area contributed by atoms with Crippen molar-refractivity contribution in [3.8, 4) is 0 Å². The van der Waals surface area contributed by atoms with Gasteiger partial charge in [-0.25, -0.2) is 0 Å². The zero-order chi connectivity index (χ0) is 12.8. The van der Waals surface area contributed by atoms with Gasteiger partial charge in [0.15, 0.2) is 0 Å². The molecule has 4 heteroatoms. The molecule has 0 aromatic heterocycles. The molecule has 1 heterocycles. The largest absolute Gasteiger partial charge is 0.468 e. The van der Waals surface area contributed by atoms with Gasteiger partial charge in [0.1, 0.15) is 6.04 Å². The SMILES string of the molecule is CCCCC(C(=O)OC)N1CCSC(C)C1C. The summed E-state index contributed by atoms with van der Waals surface area (Å²) in [7, 11) is 1.49. The number of hydrogen-bond donors (Lipinski definition) is 0. The molecule has 1 aliphatic rings. The van der Waals surface area contributed by atoms with Crippen molar-refractivity contribution in [3.63, 3.8) is 0 Å². The predicted molar refractivity (Wildman–Crippen MR) is 73.4 cm³/mol. The molecule has 1 rings (SSSR count). The summed E-state index contributed by atoms with van der Waals surface area (Å²) < 4.78 is 4.96. The Morgan fingerprint density at radius 1 is 1.53 bits per heavy atom. The second-order valence-electron chi connectivity index (χ2n) is 4.74. The topological polar surface area (TPSA) is 29.5 Å². The fourth-order valence-electron chi connectivity index (χ4n) is 2.35. The van der Waals surface area contributed by atoms with E-state index in [1.807, 2.05) is 11.8 Å². The monoisotopic (exact) mass is 259 g/mol. The molecule has 0 N–H and O–H groups in total. The lowest BCUT2D eigenvalue weighted by Gasteiger charge is -2.41. The number of unbranched alkanes of at least 4 members (excludes halogenated alkanes) is 1. The molecule has 100 valence electrons. The van der Waals surface area contributed by atoms with Crippen LogP contribution in [0.3, 0.4) is 0 Å². The van der Waals surface area contributed by atoms with E-state index in [0.717, 1.165) is 31.6 Å². The standard InChI is InChI=1S/C13H25NO2S/c1-5-6-7-12(13(15)16-4)14-8-9-17-11(3)10(14)2/h10-12H,5-9H2,1-4H3. The third-order valence-electron chi connectivity index (χ3n) is 3.64. The summed E-state index contributed by atoms with van der Waals surface area (Å²) in [4.78, 5) is 14.2. The third-order valence-corrected chi connectivity index (χ3v) is 4.98. The van der Waals surface area contributed by atoms with Crippen LogP contribution >= 0.6 is 11.8 Å². The number of hydrogen-bond acceptors (Lipinski definition) is 4. The fraction of sp³-hybridized carbons (Fsp3) is 0.923. The van der Waals surface area contributed by atoms with E-state index in [2.05, 4.69) is 25.7 Å². The van der Waals surface area contributed by atoms with E-state index in [-0.39, 0.29) is 12.0 Å². The summed E-state index contributed by atoms with van der Waals surface area (Å²) >= 11 is 2.00. The zero-order valence-electron chi connectivity index (χ0n) is 11.4. The molecule has 0 aromatic rings. The summed E-state index contributed by atoms with van der Waals surface area (Å²) in [5.74, 6) is 1.05. The molecule has 0 radical (unpaired) electrons. The van der Waals surface area contributed by atoms with Crippen LogP contribution in [0.1, 0.15) is 40.0 Å². The zero-order valence-corrected chi connectivity index (χ0v) is 12.3. The molecule has 0 aromatic carbocycles. The quantitative estimate of drug-likeness (QED) is 0.710. The maximum Gasteiger partial charge on any atom is 0.323 e. The first kappa shape index (κ1) is 14.8. The van der Waals surface area contributed by atoms with Crippen molar-refractivity contribution in [3.05, 3.63) is 0 Å². The lowest BCUT2D eigenvalue weighted by molar-refractivity contribution is -0.148. The molecule has 3 unspecified atom stereocenters. The molecule has 3 atom stereocenters. The summed E-state index contributed by atoms with van der Waals surface area (Å²) in [6.45, 7) is 7.63. The number of methoxy groups -OCH3 is 1. The Hall–Kier alpha value is -0.220. The van der Waals surface area contributed by atoms with E-state index in [9.17, 15) is 4.79 Å². The number of rotatable bonds is 5. The van der Waals surface area contributed by atoms with Crippen molar-refractivity contribution < 1.29 is 9.53 Å². The van der Waals surface area contributed by atoms with Gasteiger partial charge in [-0.1, -0.05) is 26.7 Å².